The van der Waals surface area contributed by atoms with Crippen LogP contribution in [0.4, 0.5) is 5.82 Å². The van der Waals surface area contributed by atoms with E-state index in [9.17, 15) is 4.79 Å². The molecule has 0 saturated carbocycles. The summed E-state index contributed by atoms with van der Waals surface area (Å²) in [6.45, 7) is 6.05. The van der Waals surface area contributed by atoms with Gasteiger partial charge in [-0.2, -0.15) is 4.98 Å². The molecule has 0 aliphatic rings. The van der Waals surface area contributed by atoms with Crippen molar-refractivity contribution in [2.75, 3.05) is 5.73 Å². The van der Waals surface area contributed by atoms with Crippen molar-refractivity contribution in [3.63, 3.8) is 0 Å². The number of nitrogens with one attached hydrogen (secondary N) is 1. The summed E-state index contributed by atoms with van der Waals surface area (Å²) in [7, 11) is 0. The van der Waals surface area contributed by atoms with Crippen molar-refractivity contribution in [3.8, 4) is 0 Å². The van der Waals surface area contributed by atoms with E-state index in [2.05, 4.69) is 15.0 Å². The van der Waals surface area contributed by atoms with Crippen molar-refractivity contribution < 1.29 is 0 Å². The normalized spacial score (nSPS) is 12.2. The molecule has 2 rings (SSSR count). The first-order chi connectivity index (χ1) is 6.89. The summed E-state index contributed by atoms with van der Waals surface area (Å²) < 4.78 is 1.86. The Balaban J connectivity index is 2.86. The zero-order valence-electron chi connectivity index (χ0n) is 8.90. The molecule has 2 aromatic rings. The van der Waals surface area contributed by atoms with E-state index in [0.717, 1.165) is 0 Å². The van der Waals surface area contributed by atoms with E-state index in [1.807, 2.05) is 25.3 Å². The third-order valence-electron chi connectivity index (χ3n) is 2.18. The number of imidazole rings is 1. The third kappa shape index (κ3) is 1.47. The Morgan fingerprint density at radius 3 is 2.73 bits per heavy atom. The monoisotopic (exact) mass is 207 g/mol. The Kier molecular flexibility index (Phi) is 1.82. The van der Waals surface area contributed by atoms with Gasteiger partial charge in [-0.15, -0.1) is 0 Å². The molecule has 15 heavy (non-hydrogen) atoms. The van der Waals surface area contributed by atoms with Crippen LogP contribution >= 0.6 is 0 Å². The molecule has 6 heteroatoms. The van der Waals surface area contributed by atoms with Gasteiger partial charge >= 0.3 is 5.69 Å². The lowest BCUT2D eigenvalue weighted by molar-refractivity contribution is 0.406. The fourth-order valence-electron chi connectivity index (χ4n) is 1.46. The minimum Gasteiger partial charge on any atom is -0.382 e. The number of hydrogen-bond donors (Lipinski definition) is 2. The van der Waals surface area contributed by atoms with Crippen LogP contribution in [0.25, 0.3) is 11.2 Å². The van der Waals surface area contributed by atoms with Crippen molar-refractivity contribution in [1.29, 1.82) is 0 Å². The maximum absolute atomic E-state index is 11.2. The molecule has 0 saturated heterocycles. The number of nitrogens with zero attached hydrogens (tertiary/aromatic N) is 3. The molecular weight excluding hydrogens is 194 g/mol. The van der Waals surface area contributed by atoms with Gasteiger partial charge in [-0.05, 0) is 20.8 Å². The molecule has 6 nitrogen and oxygen atoms in total. The van der Waals surface area contributed by atoms with Crippen LogP contribution in [0.2, 0.25) is 0 Å². The highest BCUT2D eigenvalue weighted by atomic mass is 16.1. The summed E-state index contributed by atoms with van der Waals surface area (Å²) >= 11 is 0. The second-order valence-corrected chi connectivity index (χ2v) is 4.41. The SMILES string of the molecule is CC(C)(C)n1cnc2c(N)nc(=O)[nH]c21. The molecule has 2 aromatic heterocycles. The third-order valence-corrected chi connectivity index (χ3v) is 2.18. The molecule has 0 aliphatic heterocycles. The van der Waals surface area contributed by atoms with Gasteiger partial charge in [0.1, 0.15) is 11.2 Å². The molecule has 0 aromatic carbocycles. The van der Waals surface area contributed by atoms with Crippen LogP contribution in [-0.4, -0.2) is 19.5 Å². The summed E-state index contributed by atoms with van der Waals surface area (Å²) in [6.07, 6.45) is 1.65. The number of aromatic amines is 1. The molecule has 2 heterocycles. The van der Waals surface area contributed by atoms with Crippen LogP contribution in [0.5, 0.6) is 0 Å². The van der Waals surface area contributed by atoms with Gasteiger partial charge in [0.05, 0.1) is 6.33 Å². The van der Waals surface area contributed by atoms with Crippen molar-refractivity contribution >= 4 is 17.0 Å². The average Bonchev–Trinajstić information content (AvgIpc) is 2.45. The predicted molar refractivity (Wildman–Crippen MR) is 57.6 cm³/mol. The van der Waals surface area contributed by atoms with E-state index in [1.165, 1.54) is 0 Å². The molecule has 0 aliphatic carbocycles. The Labute approximate surface area is 86.2 Å². The summed E-state index contributed by atoms with van der Waals surface area (Å²) in [5.41, 5.74) is 6.14. The van der Waals surface area contributed by atoms with E-state index in [-0.39, 0.29) is 11.4 Å². The second-order valence-electron chi connectivity index (χ2n) is 4.41. The number of nitrogen functional groups attached to an aromatic ring is 1. The lowest BCUT2D eigenvalue weighted by Crippen LogP contribution is -2.23. The van der Waals surface area contributed by atoms with E-state index >= 15 is 0 Å². The maximum Gasteiger partial charge on any atom is 0.348 e. The largest absolute Gasteiger partial charge is 0.382 e. The lowest BCUT2D eigenvalue weighted by atomic mass is 10.1. The molecule has 80 valence electrons. The molecule has 3 N–H and O–H groups in total. The van der Waals surface area contributed by atoms with Gasteiger partial charge in [-0.1, -0.05) is 0 Å². The van der Waals surface area contributed by atoms with Crippen molar-refractivity contribution in [3.05, 3.63) is 16.8 Å². The number of H-pyrrole nitrogens is 1. The van der Waals surface area contributed by atoms with Crippen molar-refractivity contribution in [2.24, 2.45) is 0 Å². The molecule has 0 atom stereocenters. The highest BCUT2D eigenvalue weighted by Gasteiger charge is 2.18. The highest BCUT2D eigenvalue weighted by molar-refractivity contribution is 5.81. The molecule has 0 spiro atoms. The Morgan fingerprint density at radius 2 is 2.13 bits per heavy atom. The highest BCUT2D eigenvalue weighted by Crippen LogP contribution is 2.21. The topological polar surface area (TPSA) is 89.6 Å². The average molecular weight is 207 g/mol. The minimum atomic E-state index is -0.453. The van der Waals surface area contributed by atoms with E-state index < -0.39 is 5.69 Å². The van der Waals surface area contributed by atoms with Gasteiger partial charge in [-0.25, -0.2) is 9.78 Å². The summed E-state index contributed by atoms with van der Waals surface area (Å²) in [6, 6.07) is 0. The Bertz CT molecular complexity index is 560. The van der Waals surface area contributed by atoms with Crippen LogP contribution in [0.3, 0.4) is 0 Å². The number of anilines is 1. The fraction of sp³-hybridized carbons (Fsp3) is 0.444. The van der Waals surface area contributed by atoms with Gasteiger partial charge < -0.3 is 10.3 Å². The van der Waals surface area contributed by atoms with Gasteiger partial charge in [-0.3, -0.25) is 4.98 Å². The molecular formula is C9H13N5O. The molecule has 0 amide bonds. The van der Waals surface area contributed by atoms with Gasteiger partial charge in [0.2, 0.25) is 0 Å². The zero-order chi connectivity index (χ0) is 11.2. The second kappa shape index (κ2) is 2.82. The summed E-state index contributed by atoms with van der Waals surface area (Å²) in [4.78, 5) is 21.6. The summed E-state index contributed by atoms with van der Waals surface area (Å²) in [5, 5.41) is 0. The molecule has 0 radical (unpaired) electrons. The quantitative estimate of drug-likeness (QED) is 0.656. The maximum atomic E-state index is 11.2. The Hall–Kier alpha value is -1.85. The number of aromatic nitrogens is 4. The van der Waals surface area contributed by atoms with E-state index in [4.69, 9.17) is 5.73 Å². The predicted octanol–water partition coefficient (Wildman–Crippen LogP) is 0.457. The minimum absolute atomic E-state index is 0.161. The first kappa shape index (κ1) is 9.70. The standard InChI is InChI=1S/C9H13N5O/c1-9(2,3)14-4-11-5-6(10)12-8(15)13-7(5)14/h4H,1-3H3,(H3,10,12,13,15). The number of hydrogen-bond acceptors (Lipinski definition) is 4. The molecule has 0 fully saturated rings. The van der Waals surface area contributed by atoms with Crippen LogP contribution in [-0.2, 0) is 5.54 Å². The van der Waals surface area contributed by atoms with Crippen molar-refractivity contribution in [2.45, 2.75) is 26.3 Å². The van der Waals surface area contributed by atoms with Crippen LogP contribution < -0.4 is 11.4 Å². The van der Waals surface area contributed by atoms with Gasteiger partial charge in [0.25, 0.3) is 0 Å². The number of rotatable bonds is 0. The first-order valence-corrected chi connectivity index (χ1v) is 4.63. The first-order valence-electron chi connectivity index (χ1n) is 4.63. The fourth-order valence-corrected chi connectivity index (χ4v) is 1.46. The zero-order valence-corrected chi connectivity index (χ0v) is 8.90. The number of fused-ring (bicyclic) bond motifs is 1. The lowest BCUT2D eigenvalue weighted by Gasteiger charge is -2.20. The van der Waals surface area contributed by atoms with Crippen LogP contribution in [0, 0.1) is 0 Å². The summed E-state index contributed by atoms with van der Waals surface area (Å²) in [5.74, 6) is 0.164. The molecule has 0 unspecified atom stereocenters. The van der Waals surface area contributed by atoms with Crippen LogP contribution in [0.15, 0.2) is 11.1 Å². The Morgan fingerprint density at radius 1 is 1.47 bits per heavy atom. The smallest absolute Gasteiger partial charge is 0.348 e. The van der Waals surface area contributed by atoms with E-state index in [1.54, 1.807) is 6.33 Å². The van der Waals surface area contributed by atoms with Crippen molar-refractivity contribution in [1.82, 2.24) is 19.5 Å². The molecule has 0 bridgehead atoms. The van der Waals surface area contributed by atoms with Crippen LogP contribution in [0.1, 0.15) is 20.8 Å². The number of nitrogens with two attached hydrogens (primary N) is 1. The van der Waals surface area contributed by atoms with Gasteiger partial charge in [0, 0.05) is 5.54 Å². The van der Waals surface area contributed by atoms with E-state index in [0.29, 0.717) is 11.2 Å². The van der Waals surface area contributed by atoms with Gasteiger partial charge in [0.15, 0.2) is 5.82 Å².